The SMILES string of the molecule is CC(=O)c1nn(CC(=O)N2C(C(=O)O)CC3CC32)c2ccc(OCc3ncccn3)cc12. The lowest BCUT2D eigenvalue weighted by atomic mass is 10.1. The van der Waals surface area contributed by atoms with Crippen LogP contribution < -0.4 is 4.74 Å². The van der Waals surface area contributed by atoms with Gasteiger partial charge in [-0.15, -0.1) is 0 Å². The van der Waals surface area contributed by atoms with E-state index >= 15 is 0 Å². The van der Waals surface area contributed by atoms with Crippen molar-refractivity contribution < 1.29 is 24.2 Å². The van der Waals surface area contributed by atoms with Crippen molar-refractivity contribution in [1.29, 1.82) is 0 Å². The highest BCUT2D eigenvalue weighted by atomic mass is 16.5. The second-order valence-electron chi connectivity index (χ2n) is 8.15. The number of nitrogens with zero attached hydrogens (tertiary/aromatic N) is 5. The molecule has 1 aliphatic carbocycles. The number of hydrogen-bond donors (Lipinski definition) is 1. The van der Waals surface area contributed by atoms with Crippen LogP contribution in [0.3, 0.4) is 0 Å². The maximum absolute atomic E-state index is 13.0. The largest absolute Gasteiger partial charge is 0.486 e. The lowest BCUT2D eigenvalue weighted by molar-refractivity contribution is -0.149. The first-order chi connectivity index (χ1) is 15.4. The summed E-state index contributed by atoms with van der Waals surface area (Å²) in [4.78, 5) is 46.5. The summed E-state index contributed by atoms with van der Waals surface area (Å²) in [7, 11) is 0. The number of carboxylic acids is 1. The van der Waals surface area contributed by atoms with Crippen LogP contribution in [-0.4, -0.2) is 59.5 Å². The third-order valence-electron chi connectivity index (χ3n) is 6.01. The van der Waals surface area contributed by atoms with Crippen molar-refractivity contribution in [2.45, 2.75) is 45.0 Å². The minimum absolute atomic E-state index is 0.00193. The molecule has 1 aliphatic heterocycles. The van der Waals surface area contributed by atoms with Crippen LogP contribution in [0.1, 0.15) is 36.1 Å². The summed E-state index contributed by atoms with van der Waals surface area (Å²) in [5.41, 5.74) is 0.833. The van der Waals surface area contributed by atoms with Gasteiger partial charge in [-0.25, -0.2) is 14.8 Å². The molecule has 10 nitrogen and oxygen atoms in total. The Kier molecular flexibility index (Phi) is 4.84. The Bertz CT molecular complexity index is 1220. The molecule has 3 aromatic rings. The highest BCUT2D eigenvalue weighted by Gasteiger charge is 2.56. The Balaban J connectivity index is 1.40. The molecule has 3 unspecified atom stereocenters. The average Bonchev–Trinajstić information content (AvgIpc) is 3.29. The first-order valence-corrected chi connectivity index (χ1v) is 10.4. The number of rotatable bonds is 7. The second-order valence-corrected chi connectivity index (χ2v) is 8.15. The number of Topliss-reactive ketones (excluding diaryl/α,β-unsaturated/α-hetero) is 1. The molecule has 2 aliphatic rings. The number of piperidine rings is 1. The van der Waals surface area contributed by atoms with Crippen LogP contribution in [0.2, 0.25) is 0 Å². The number of carbonyl (C=O) groups is 3. The summed E-state index contributed by atoms with van der Waals surface area (Å²) in [5, 5.41) is 14.4. The van der Waals surface area contributed by atoms with Gasteiger partial charge >= 0.3 is 5.97 Å². The van der Waals surface area contributed by atoms with Crippen LogP contribution in [0, 0.1) is 5.92 Å². The van der Waals surface area contributed by atoms with Gasteiger partial charge in [0.15, 0.2) is 11.6 Å². The minimum atomic E-state index is -0.982. The summed E-state index contributed by atoms with van der Waals surface area (Å²) in [5.74, 6) is -0.206. The Morgan fingerprint density at radius 1 is 1.19 bits per heavy atom. The van der Waals surface area contributed by atoms with Gasteiger partial charge in [0.25, 0.3) is 0 Å². The molecule has 1 amide bonds. The van der Waals surface area contributed by atoms with Gasteiger partial charge in [0, 0.05) is 30.7 Å². The van der Waals surface area contributed by atoms with Crippen LogP contribution in [0.15, 0.2) is 36.7 Å². The third kappa shape index (κ3) is 3.57. The zero-order valence-corrected chi connectivity index (χ0v) is 17.3. The predicted octanol–water partition coefficient (Wildman–Crippen LogP) is 1.68. The number of aromatic nitrogens is 4. The summed E-state index contributed by atoms with van der Waals surface area (Å²) in [6, 6.07) is 6.09. The molecule has 0 bridgehead atoms. The highest BCUT2D eigenvalue weighted by molar-refractivity contribution is 6.05. The van der Waals surface area contributed by atoms with Crippen molar-refractivity contribution in [2.24, 2.45) is 5.92 Å². The second kappa shape index (κ2) is 7.70. The Labute approximate surface area is 182 Å². The van der Waals surface area contributed by atoms with Gasteiger partial charge in [-0.1, -0.05) is 0 Å². The topological polar surface area (TPSA) is 128 Å². The fourth-order valence-electron chi connectivity index (χ4n) is 4.43. The molecule has 1 saturated carbocycles. The van der Waals surface area contributed by atoms with E-state index in [9.17, 15) is 19.5 Å². The zero-order chi connectivity index (χ0) is 22.4. The molecular weight excluding hydrogens is 414 g/mol. The van der Waals surface area contributed by atoms with Gasteiger partial charge in [0.05, 0.1) is 5.52 Å². The Morgan fingerprint density at radius 2 is 1.97 bits per heavy atom. The summed E-state index contributed by atoms with van der Waals surface area (Å²) in [6.45, 7) is 1.45. The Hall–Kier alpha value is -3.82. The van der Waals surface area contributed by atoms with Gasteiger partial charge in [-0.3, -0.25) is 14.3 Å². The van der Waals surface area contributed by atoms with E-state index in [2.05, 4.69) is 15.1 Å². The number of aliphatic carboxylic acids is 1. The molecule has 1 saturated heterocycles. The van der Waals surface area contributed by atoms with Gasteiger partial charge in [-0.2, -0.15) is 5.10 Å². The van der Waals surface area contributed by atoms with E-state index in [4.69, 9.17) is 4.74 Å². The maximum atomic E-state index is 13.0. The van der Waals surface area contributed by atoms with Gasteiger partial charge in [-0.05, 0) is 43.0 Å². The lowest BCUT2D eigenvalue weighted by Crippen LogP contribution is -2.44. The zero-order valence-electron chi connectivity index (χ0n) is 17.3. The van der Waals surface area contributed by atoms with Crippen molar-refractivity contribution >= 4 is 28.6 Å². The number of likely N-dealkylation sites (tertiary alicyclic amines) is 1. The van der Waals surface area contributed by atoms with E-state index < -0.39 is 12.0 Å². The van der Waals surface area contributed by atoms with Crippen molar-refractivity contribution in [3.63, 3.8) is 0 Å². The maximum Gasteiger partial charge on any atom is 0.326 e. The Morgan fingerprint density at radius 3 is 2.69 bits per heavy atom. The molecular formula is C22H21N5O5. The van der Waals surface area contributed by atoms with Crippen molar-refractivity contribution in [3.8, 4) is 5.75 Å². The molecule has 3 heterocycles. The number of fused-ring (bicyclic) bond motifs is 2. The van der Waals surface area contributed by atoms with E-state index in [1.54, 1.807) is 36.7 Å². The lowest BCUT2D eigenvalue weighted by Gasteiger charge is -2.24. The van der Waals surface area contributed by atoms with Gasteiger partial charge in [0.1, 0.15) is 30.6 Å². The van der Waals surface area contributed by atoms with Crippen LogP contribution in [0.4, 0.5) is 0 Å². The molecule has 0 spiro atoms. The van der Waals surface area contributed by atoms with Crippen LogP contribution in [-0.2, 0) is 22.7 Å². The molecule has 1 aromatic carbocycles. The fraction of sp³-hybridized carbons (Fsp3) is 0.364. The average molecular weight is 435 g/mol. The fourth-order valence-corrected chi connectivity index (χ4v) is 4.43. The molecule has 0 radical (unpaired) electrons. The van der Waals surface area contributed by atoms with Gasteiger partial charge < -0.3 is 14.7 Å². The third-order valence-corrected chi connectivity index (χ3v) is 6.01. The van der Waals surface area contributed by atoms with Crippen molar-refractivity contribution in [3.05, 3.63) is 48.2 Å². The first-order valence-electron chi connectivity index (χ1n) is 10.4. The molecule has 164 valence electrons. The van der Waals surface area contributed by atoms with E-state index in [0.717, 1.165) is 6.42 Å². The van der Waals surface area contributed by atoms with Crippen molar-refractivity contribution in [2.75, 3.05) is 0 Å². The molecule has 10 heteroatoms. The van der Waals surface area contributed by atoms with E-state index in [1.165, 1.54) is 16.5 Å². The number of amides is 1. The normalized spacial score (nSPS) is 21.4. The number of carbonyl (C=O) groups excluding carboxylic acids is 2. The number of hydrogen-bond acceptors (Lipinski definition) is 7. The minimum Gasteiger partial charge on any atom is -0.486 e. The summed E-state index contributed by atoms with van der Waals surface area (Å²) >= 11 is 0. The molecule has 2 aromatic heterocycles. The van der Waals surface area contributed by atoms with Crippen LogP contribution >= 0.6 is 0 Å². The highest BCUT2D eigenvalue weighted by Crippen LogP contribution is 2.48. The summed E-state index contributed by atoms with van der Waals surface area (Å²) in [6.07, 6.45) is 4.60. The van der Waals surface area contributed by atoms with Crippen LogP contribution in [0.25, 0.3) is 10.9 Å². The predicted molar refractivity (Wildman–Crippen MR) is 111 cm³/mol. The van der Waals surface area contributed by atoms with E-state index in [0.29, 0.717) is 28.9 Å². The first kappa shape index (κ1) is 20.1. The smallest absolute Gasteiger partial charge is 0.326 e. The molecule has 32 heavy (non-hydrogen) atoms. The van der Waals surface area contributed by atoms with E-state index in [-0.39, 0.29) is 42.5 Å². The number of ether oxygens (including phenoxy) is 1. The van der Waals surface area contributed by atoms with Crippen LogP contribution in [0.5, 0.6) is 5.75 Å². The molecule has 2 fully saturated rings. The summed E-state index contributed by atoms with van der Waals surface area (Å²) < 4.78 is 7.22. The number of ketones is 1. The van der Waals surface area contributed by atoms with E-state index in [1.807, 2.05) is 0 Å². The number of benzene rings is 1. The monoisotopic (exact) mass is 435 g/mol. The van der Waals surface area contributed by atoms with Crippen molar-refractivity contribution in [1.82, 2.24) is 24.6 Å². The molecule has 1 N–H and O–H groups in total. The molecule has 5 rings (SSSR count). The molecule has 3 atom stereocenters. The quantitative estimate of drug-likeness (QED) is 0.555. The van der Waals surface area contributed by atoms with Gasteiger partial charge in [0.2, 0.25) is 5.91 Å². The number of carboxylic acid groups (broad SMARTS) is 1. The standard InChI is InChI=1S/C22H21N5O5/c1-12(28)21-15-9-14(32-11-19-23-5-2-6-24-19)3-4-16(15)26(25-21)10-20(29)27-17-7-13(17)8-18(27)22(30)31/h2-6,9,13,17-18H,7-8,10-11H2,1H3,(H,30,31).